The first kappa shape index (κ1) is 28.6. The van der Waals surface area contributed by atoms with Crippen molar-refractivity contribution in [3.63, 3.8) is 0 Å². The van der Waals surface area contributed by atoms with Crippen LogP contribution < -0.4 is 0 Å². The number of pyridine rings is 1. The maximum Gasteiger partial charge on any atom is 0.160 e. The Labute approximate surface area is 292 Å². The van der Waals surface area contributed by atoms with Gasteiger partial charge in [0.25, 0.3) is 0 Å². The number of thiophene rings is 1. The van der Waals surface area contributed by atoms with Gasteiger partial charge in [-0.05, 0) is 30.3 Å². The predicted molar refractivity (Wildman–Crippen MR) is 209 cm³/mol. The zero-order valence-electron chi connectivity index (χ0n) is 26.9. The van der Waals surface area contributed by atoms with E-state index in [4.69, 9.17) is 15.0 Å². The van der Waals surface area contributed by atoms with Crippen molar-refractivity contribution in [1.29, 1.82) is 0 Å². The van der Waals surface area contributed by atoms with Gasteiger partial charge in [0.15, 0.2) is 5.82 Å². The summed E-state index contributed by atoms with van der Waals surface area (Å²) in [6, 6.07) is 59.2. The molecule has 0 radical (unpaired) electrons. The zero-order valence-corrected chi connectivity index (χ0v) is 27.7. The fraction of sp³-hybridized carbons (Fsp3) is 0. The zero-order chi connectivity index (χ0) is 33.0. The second-order valence-corrected chi connectivity index (χ2v) is 13.4. The van der Waals surface area contributed by atoms with Crippen molar-refractivity contribution in [2.24, 2.45) is 0 Å². The predicted octanol–water partition coefficient (Wildman–Crippen LogP) is 12.0. The SMILES string of the molecule is c1ccc(-c2cc(-c3cccc(-n4c5ccccc5c5sc6c7ccccc7nc(-c7ccccc7)c6c54)c3)nc(-c3ccccc3)n2)cc1. The molecule has 4 nitrogen and oxygen atoms in total. The summed E-state index contributed by atoms with van der Waals surface area (Å²) in [6.45, 7) is 0. The largest absolute Gasteiger partial charge is 0.308 e. The quantitative estimate of drug-likeness (QED) is 0.185. The van der Waals surface area contributed by atoms with Crippen LogP contribution in [0.25, 0.3) is 93.0 Å². The van der Waals surface area contributed by atoms with Gasteiger partial charge < -0.3 is 4.57 Å². The Hall–Kier alpha value is -6.43. The van der Waals surface area contributed by atoms with E-state index in [0.717, 1.165) is 56.1 Å². The Kier molecular flexibility index (Phi) is 6.64. The number of hydrogen-bond acceptors (Lipinski definition) is 4. The van der Waals surface area contributed by atoms with E-state index in [2.05, 4.69) is 150 Å². The van der Waals surface area contributed by atoms with E-state index in [-0.39, 0.29) is 0 Å². The first-order valence-corrected chi connectivity index (χ1v) is 17.5. The molecule has 0 saturated carbocycles. The molecule has 10 aromatic rings. The fourth-order valence-electron chi connectivity index (χ4n) is 7.09. The second kappa shape index (κ2) is 11.6. The minimum atomic E-state index is 0.704. The van der Waals surface area contributed by atoms with E-state index in [0.29, 0.717) is 5.82 Å². The fourth-order valence-corrected chi connectivity index (χ4v) is 8.45. The Bertz CT molecular complexity index is 2800. The van der Waals surface area contributed by atoms with Crippen molar-refractivity contribution in [2.45, 2.75) is 0 Å². The van der Waals surface area contributed by atoms with Crippen molar-refractivity contribution in [3.8, 4) is 50.8 Å². The van der Waals surface area contributed by atoms with E-state index in [9.17, 15) is 0 Å². The van der Waals surface area contributed by atoms with Crippen molar-refractivity contribution >= 4 is 53.4 Å². The van der Waals surface area contributed by atoms with Crippen LogP contribution in [0.2, 0.25) is 0 Å². The van der Waals surface area contributed by atoms with Gasteiger partial charge in [0.1, 0.15) is 0 Å². The summed E-state index contributed by atoms with van der Waals surface area (Å²) in [7, 11) is 0. The van der Waals surface area contributed by atoms with Crippen LogP contribution in [0.5, 0.6) is 0 Å². The molecule has 234 valence electrons. The highest BCUT2D eigenvalue weighted by molar-refractivity contribution is 7.27. The number of hydrogen-bond donors (Lipinski definition) is 0. The average Bonchev–Trinajstić information content (AvgIpc) is 3.74. The van der Waals surface area contributed by atoms with E-state index >= 15 is 0 Å². The van der Waals surface area contributed by atoms with E-state index in [1.54, 1.807) is 0 Å². The monoisotopic (exact) mass is 656 g/mol. The van der Waals surface area contributed by atoms with Crippen LogP contribution in [-0.2, 0) is 0 Å². The molecule has 0 spiro atoms. The molecule has 0 amide bonds. The maximum absolute atomic E-state index is 5.32. The minimum absolute atomic E-state index is 0.704. The lowest BCUT2D eigenvalue weighted by Crippen LogP contribution is -1.98. The second-order valence-electron chi connectivity index (χ2n) is 12.4. The van der Waals surface area contributed by atoms with Crippen LogP contribution in [0, 0.1) is 0 Å². The van der Waals surface area contributed by atoms with Gasteiger partial charge in [0, 0.05) is 48.8 Å². The van der Waals surface area contributed by atoms with Gasteiger partial charge in [0.2, 0.25) is 0 Å². The van der Waals surface area contributed by atoms with E-state index < -0.39 is 0 Å². The van der Waals surface area contributed by atoms with Crippen molar-refractivity contribution in [3.05, 3.63) is 170 Å². The lowest BCUT2D eigenvalue weighted by atomic mass is 10.0. The Morgan fingerprint density at radius 3 is 1.80 bits per heavy atom. The van der Waals surface area contributed by atoms with Crippen LogP contribution in [-0.4, -0.2) is 19.5 Å². The molecule has 0 saturated heterocycles. The molecule has 4 aromatic heterocycles. The van der Waals surface area contributed by atoms with Gasteiger partial charge in [-0.2, -0.15) is 0 Å². The highest BCUT2D eigenvalue weighted by Gasteiger charge is 2.23. The van der Waals surface area contributed by atoms with Gasteiger partial charge in [-0.3, -0.25) is 0 Å². The molecule has 0 unspecified atom stereocenters. The summed E-state index contributed by atoms with van der Waals surface area (Å²) in [4.78, 5) is 15.5. The van der Waals surface area contributed by atoms with E-state index in [1.165, 1.54) is 31.1 Å². The third-order valence-corrected chi connectivity index (χ3v) is 10.6. The minimum Gasteiger partial charge on any atom is -0.308 e. The molecule has 10 rings (SSSR count). The molecular weight excluding hydrogens is 629 g/mol. The van der Waals surface area contributed by atoms with Gasteiger partial charge in [-0.1, -0.05) is 140 Å². The van der Waals surface area contributed by atoms with Crippen LogP contribution in [0.4, 0.5) is 0 Å². The number of benzene rings is 6. The molecule has 6 aromatic carbocycles. The van der Waals surface area contributed by atoms with Gasteiger partial charge in [0.05, 0.1) is 38.3 Å². The van der Waals surface area contributed by atoms with Crippen molar-refractivity contribution in [1.82, 2.24) is 19.5 Å². The molecule has 50 heavy (non-hydrogen) atoms. The Morgan fingerprint density at radius 1 is 0.440 bits per heavy atom. The molecule has 0 atom stereocenters. The summed E-state index contributed by atoms with van der Waals surface area (Å²) in [5, 5.41) is 3.59. The van der Waals surface area contributed by atoms with Crippen LogP contribution in [0.3, 0.4) is 0 Å². The Balaban J connectivity index is 1.26. The molecule has 0 aliphatic heterocycles. The first-order chi connectivity index (χ1) is 24.8. The van der Waals surface area contributed by atoms with Gasteiger partial charge in [-0.25, -0.2) is 15.0 Å². The third kappa shape index (κ3) is 4.63. The van der Waals surface area contributed by atoms with Crippen LogP contribution >= 0.6 is 11.3 Å². The summed E-state index contributed by atoms with van der Waals surface area (Å²) >= 11 is 1.86. The number of para-hydroxylation sites is 2. The highest BCUT2D eigenvalue weighted by atomic mass is 32.1. The third-order valence-electron chi connectivity index (χ3n) is 9.39. The molecule has 5 heteroatoms. The number of aromatic nitrogens is 4. The van der Waals surface area contributed by atoms with Crippen molar-refractivity contribution in [2.75, 3.05) is 0 Å². The normalized spacial score (nSPS) is 11.6. The summed E-state index contributed by atoms with van der Waals surface area (Å²) in [6.07, 6.45) is 0. The Morgan fingerprint density at radius 2 is 1.04 bits per heavy atom. The highest BCUT2D eigenvalue weighted by Crippen LogP contribution is 2.47. The topological polar surface area (TPSA) is 43.6 Å². The number of nitrogens with zero attached hydrogens (tertiary/aromatic N) is 4. The lowest BCUT2D eigenvalue weighted by Gasteiger charge is -2.13. The standard InChI is InChI=1S/C45H28N4S/c1-4-15-29(16-5-1)37-28-38(48-45(47-37)31-19-8-3-9-20-31)32-21-14-22-33(27-32)49-39-26-13-11-24-35(39)44-42(49)40-41(30-17-6-2-7-18-30)46-36-25-12-10-23-34(36)43(40)50-44/h1-28H. The number of fused-ring (bicyclic) bond motifs is 7. The number of rotatable bonds is 5. The molecule has 0 N–H and O–H groups in total. The molecule has 0 aliphatic carbocycles. The molecule has 4 heterocycles. The summed E-state index contributed by atoms with van der Waals surface area (Å²) < 4.78 is 4.94. The van der Waals surface area contributed by atoms with Crippen molar-refractivity contribution < 1.29 is 0 Å². The maximum atomic E-state index is 5.32. The van der Waals surface area contributed by atoms with Crippen LogP contribution in [0.1, 0.15) is 0 Å². The molecule has 0 bridgehead atoms. The summed E-state index contributed by atoms with van der Waals surface area (Å²) in [5.41, 5.74) is 11.4. The first-order valence-electron chi connectivity index (χ1n) is 16.7. The smallest absolute Gasteiger partial charge is 0.160 e. The summed E-state index contributed by atoms with van der Waals surface area (Å²) in [5.74, 6) is 0.704. The van der Waals surface area contributed by atoms with Gasteiger partial charge >= 0.3 is 0 Å². The van der Waals surface area contributed by atoms with Gasteiger partial charge in [-0.15, -0.1) is 11.3 Å². The molecular formula is C45H28N4S. The lowest BCUT2D eigenvalue weighted by molar-refractivity contribution is 1.17. The average molecular weight is 657 g/mol. The van der Waals surface area contributed by atoms with Crippen LogP contribution in [0.15, 0.2) is 170 Å². The molecule has 0 fully saturated rings. The van der Waals surface area contributed by atoms with E-state index in [1.807, 2.05) is 35.6 Å². The molecule has 0 aliphatic rings.